The van der Waals surface area contributed by atoms with Crippen LogP contribution in [0.1, 0.15) is 15.9 Å². The maximum Gasteiger partial charge on any atom is 0.270 e. The van der Waals surface area contributed by atoms with Gasteiger partial charge >= 0.3 is 0 Å². The number of rotatable bonds is 5. The molecule has 0 aliphatic heterocycles. The fraction of sp³-hybridized carbons (Fsp3) is 0.133. The molecular formula is C15H12BrNO4. The first-order valence-corrected chi connectivity index (χ1v) is 6.90. The maximum atomic E-state index is 12.3. The number of nitrogens with zero attached hydrogens (tertiary/aromatic N) is 1. The minimum Gasteiger partial charge on any atom is -0.496 e. The quantitative estimate of drug-likeness (QED) is 0.467. The van der Waals surface area contributed by atoms with Crippen LogP contribution in [-0.2, 0) is 6.42 Å². The topological polar surface area (TPSA) is 69.4 Å². The van der Waals surface area contributed by atoms with E-state index in [9.17, 15) is 14.9 Å². The standard InChI is InChI=1S/C15H12BrNO4/c1-21-15-7-6-12(17(19)20)9-13(15)14(18)8-10-2-4-11(16)5-3-10/h2-7,9H,8H2,1H3. The van der Waals surface area contributed by atoms with E-state index in [-0.39, 0.29) is 23.5 Å². The highest BCUT2D eigenvalue weighted by Gasteiger charge is 2.17. The zero-order chi connectivity index (χ0) is 15.4. The predicted octanol–water partition coefficient (Wildman–Crippen LogP) is 3.79. The normalized spacial score (nSPS) is 10.2. The minimum absolute atomic E-state index is 0.130. The molecule has 108 valence electrons. The average Bonchev–Trinajstić information content (AvgIpc) is 2.48. The number of nitro benzene ring substituents is 1. The number of benzene rings is 2. The summed E-state index contributed by atoms with van der Waals surface area (Å²) in [6.07, 6.45) is 0.158. The fourth-order valence-corrected chi connectivity index (χ4v) is 2.17. The van der Waals surface area contributed by atoms with Gasteiger partial charge in [0.05, 0.1) is 17.6 Å². The van der Waals surface area contributed by atoms with Gasteiger partial charge in [0, 0.05) is 23.0 Å². The lowest BCUT2D eigenvalue weighted by Crippen LogP contribution is -2.06. The van der Waals surface area contributed by atoms with Gasteiger partial charge in [-0.05, 0) is 23.8 Å². The molecule has 0 unspecified atom stereocenters. The second kappa shape index (κ2) is 6.49. The number of Topliss-reactive ketones (excluding diaryl/α,β-unsaturated/α-hetero) is 1. The van der Waals surface area contributed by atoms with Crippen LogP contribution >= 0.6 is 15.9 Å². The summed E-state index contributed by atoms with van der Waals surface area (Å²) in [5.74, 6) is 0.112. The lowest BCUT2D eigenvalue weighted by atomic mass is 10.0. The molecule has 0 aromatic heterocycles. The van der Waals surface area contributed by atoms with Crippen molar-refractivity contribution in [2.75, 3.05) is 7.11 Å². The molecule has 0 bridgehead atoms. The highest BCUT2D eigenvalue weighted by molar-refractivity contribution is 9.10. The van der Waals surface area contributed by atoms with E-state index in [0.29, 0.717) is 5.75 Å². The van der Waals surface area contributed by atoms with Crippen molar-refractivity contribution in [2.45, 2.75) is 6.42 Å². The monoisotopic (exact) mass is 349 g/mol. The van der Waals surface area contributed by atoms with Crippen molar-refractivity contribution in [3.05, 3.63) is 68.2 Å². The molecule has 6 heteroatoms. The number of ether oxygens (including phenoxy) is 1. The lowest BCUT2D eigenvalue weighted by Gasteiger charge is -2.07. The Morgan fingerprint density at radius 1 is 1.24 bits per heavy atom. The van der Waals surface area contributed by atoms with E-state index in [1.165, 1.54) is 25.3 Å². The Hall–Kier alpha value is -2.21. The van der Waals surface area contributed by atoms with E-state index in [2.05, 4.69) is 15.9 Å². The van der Waals surface area contributed by atoms with Crippen molar-refractivity contribution in [3.63, 3.8) is 0 Å². The highest BCUT2D eigenvalue weighted by Crippen LogP contribution is 2.25. The summed E-state index contributed by atoms with van der Waals surface area (Å²) in [6, 6.07) is 11.3. The molecular weight excluding hydrogens is 338 g/mol. The van der Waals surface area contributed by atoms with Crippen molar-refractivity contribution < 1.29 is 14.5 Å². The van der Waals surface area contributed by atoms with Crippen LogP contribution in [0.5, 0.6) is 5.75 Å². The van der Waals surface area contributed by atoms with Crippen LogP contribution in [0.2, 0.25) is 0 Å². The first-order chi connectivity index (χ1) is 10.0. The van der Waals surface area contributed by atoms with Crippen LogP contribution < -0.4 is 4.74 Å². The molecule has 0 heterocycles. The number of carbonyl (C=O) groups excluding carboxylic acids is 1. The Morgan fingerprint density at radius 3 is 2.48 bits per heavy atom. The van der Waals surface area contributed by atoms with E-state index < -0.39 is 4.92 Å². The number of hydrogen-bond acceptors (Lipinski definition) is 4. The molecule has 0 spiro atoms. The SMILES string of the molecule is COc1ccc([N+](=O)[O-])cc1C(=O)Cc1ccc(Br)cc1. The van der Waals surface area contributed by atoms with Crippen molar-refractivity contribution in [3.8, 4) is 5.75 Å². The molecule has 0 saturated carbocycles. The van der Waals surface area contributed by atoms with Gasteiger partial charge in [-0.1, -0.05) is 28.1 Å². The third kappa shape index (κ3) is 3.66. The van der Waals surface area contributed by atoms with Crippen LogP contribution in [0.25, 0.3) is 0 Å². The Labute approximate surface area is 129 Å². The largest absolute Gasteiger partial charge is 0.496 e. The number of non-ortho nitro benzene ring substituents is 1. The number of hydrogen-bond donors (Lipinski definition) is 0. The summed E-state index contributed by atoms with van der Waals surface area (Å²) in [4.78, 5) is 22.6. The summed E-state index contributed by atoms with van der Waals surface area (Å²) < 4.78 is 6.03. The van der Waals surface area contributed by atoms with Gasteiger partial charge in [-0.2, -0.15) is 0 Å². The fourth-order valence-electron chi connectivity index (χ4n) is 1.91. The zero-order valence-corrected chi connectivity index (χ0v) is 12.8. The Bertz CT molecular complexity index is 683. The third-order valence-corrected chi connectivity index (χ3v) is 3.50. The third-order valence-electron chi connectivity index (χ3n) is 2.97. The molecule has 0 amide bonds. The number of carbonyl (C=O) groups is 1. The van der Waals surface area contributed by atoms with Crippen LogP contribution in [0, 0.1) is 10.1 Å². The Balaban J connectivity index is 2.30. The molecule has 0 fully saturated rings. The van der Waals surface area contributed by atoms with Gasteiger partial charge in [-0.15, -0.1) is 0 Å². The van der Waals surface area contributed by atoms with Crippen LogP contribution in [0.3, 0.4) is 0 Å². The summed E-state index contributed by atoms with van der Waals surface area (Å²) >= 11 is 3.32. The minimum atomic E-state index is -0.532. The van der Waals surface area contributed by atoms with E-state index >= 15 is 0 Å². The van der Waals surface area contributed by atoms with Crippen LogP contribution in [-0.4, -0.2) is 17.8 Å². The second-order valence-corrected chi connectivity index (χ2v) is 5.28. The van der Waals surface area contributed by atoms with Crippen molar-refractivity contribution in [1.29, 1.82) is 0 Å². The first-order valence-electron chi connectivity index (χ1n) is 6.11. The molecule has 0 aliphatic carbocycles. The van der Waals surface area contributed by atoms with Gasteiger partial charge in [-0.3, -0.25) is 14.9 Å². The Kier molecular flexibility index (Phi) is 4.70. The summed E-state index contributed by atoms with van der Waals surface area (Å²) in [7, 11) is 1.43. The number of methoxy groups -OCH3 is 1. The molecule has 0 saturated heterocycles. The molecule has 5 nitrogen and oxygen atoms in total. The molecule has 0 atom stereocenters. The summed E-state index contributed by atoms with van der Waals surface area (Å²) in [5, 5.41) is 10.8. The second-order valence-electron chi connectivity index (χ2n) is 4.37. The molecule has 2 aromatic rings. The van der Waals surface area contributed by atoms with Gasteiger partial charge < -0.3 is 4.74 Å². The van der Waals surface area contributed by atoms with E-state index in [1.807, 2.05) is 24.3 Å². The highest BCUT2D eigenvalue weighted by atomic mass is 79.9. The number of nitro groups is 1. The van der Waals surface area contributed by atoms with E-state index in [1.54, 1.807) is 0 Å². The van der Waals surface area contributed by atoms with Crippen LogP contribution in [0.15, 0.2) is 46.9 Å². The van der Waals surface area contributed by atoms with Gasteiger partial charge in [0.15, 0.2) is 5.78 Å². The summed E-state index contributed by atoms with van der Waals surface area (Å²) in [5.41, 5.74) is 0.918. The average molecular weight is 350 g/mol. The molecule has 21 heavy (non-hydrogen) atoms. The van der Waals surface area contributed by atoms with Gasteiger partial charge in [0.1, 0.15) is 5.75 Å². The molecule has 0 N–H and O–H groups in total. The number of halogens is 1. The van der Waals surface area contributed by atoms with Gasteiger partial charge in [0.25, 0.3) is 5.69 Å². The Morgan fingerprint density at radius 2 is 1.90 bits per heavy atom. The first kappa shape index (κ1) is 15.2. The smallest absolute Gasteiger partial charge is 0.270 e. The predicted molar refractivity (Wildman–Crippen MR) is 81.8 cm³/mol. The summed E-state index contributed by atoms with van der Waals surface area (Å²) in [6.45, 7) is 0. The van der Waals surface area contributed by atoms with Crippen molar-refractivity contribution in [2.24, 2.45) is 0 Å². The van der Waals surface area contributed by atoms with E-state index in [0.717, 1.165) is 10.0 Å². The molecule has 2 rings (SSSR count). The zero-order valence-electron chi connectivity index (χ0n) is 11.2. The molecule has 0 aliphatic rings. The van der Waals surface area contributed by atoms with Crippen LogP contribution in [0.4, 0.5) is 5.69 Å². The lowest BCUT2D eigenvalue weighted by molar-refractivity contribution is -0.384. The van der Waals surface area contributed by atoms with Gasteiger partial charge in [0.2, 0.25) is 0 Å². The van der Waals surface area contributed by atoms with Crippen molar-refractivity contribution >= 4 is 27.4 Å². The molecule has 0 radical (unpaired) electrons. The number of ketones is 1. The maximum absolute atomic E-state index is 12.3. The van der Waals surface area contributed by atoms with E-state index in [4.69, 9.17) is 4.74 Å². The molecule has 2 aromatic carbocycles. The van der Waals surface area contributed by atoms with Gasteiger partial charge in [-0.25, -0.2) is 0 Å². The van der Waals surface area contributed by atoms with Crippen molar-refractivity contribution in [1.82, 2.24) is 0 Å².